The van der Waals surface area contributed by atoms with Crippen molar-refractivity contribution >= 4 is 15.9 Å². The third-order valence-electron chi connectivity index (χ3n) is 2.89. The van der Waals surface area contributed by atoms with Gasteiger partial charge in [-0.1, -0.05) is 17.7 Å². The number of methoxy groups -OCH3 is 1. The number of furan rings is 1. The van der Waals surface area contributed by atoms with Crippen molar-refractivity contribution in [1.82, 2.24) is 5.32 Å². The molecule has 2 aromatic rings. The summed E-state index contributed by atoms with van der Waals surface area (Å²) in [5, 5.41) is 3.26. The van der Waals surface area contributed by atoms with E-state index in [1.807, 2.05) is 25.2 Å². The molecule has 0 aliphatic rings. The Labute approximate surface area is 115 Å². The van der Waals surface area contributed by atoms with Crippen LogP contribution in [0.4, 0.5) is 0 Å². The Morgan fingerprint density at radius 1 is 1.33 bits per heavy atom. The third-order valence-corrected chi connectivity index (χ3v) is 3.55. The van der Waals surface area contributed by atoms with E-state index in [4.69, 9.17) is 9.15 Å². The maximum atomic E-state index is 5.55. The van der Waals surface area contributed by atoms with Gasteiger partial charge in [0.25, 0.3) is 0 Å². The molecule has 1 aromatic carbocycles. The number of aryl methyl sites for hydroxylation is 1. The van der Waals surface area contributed by atoms with E-state index in [0.717, 1.165) is 21.5 Å². The summed E-state index contributed by atoms with van der Waals surface area (Å²) in [6, 6.07) is 7.97. The molecule has 18 heavy (non-hydrogen) atoms. The average molecular weight is 310 g/mol. The summed E-state index contributed by atoms with van der Waals surface area (Å²) < 4.78 is 11.9. The Kier molecular flexibility index (Phi) is 4.09. The lowest BCUT2D eigenvalue weighted by Crippen LogP contribution is -2.18. The van der Waals surface area contributed by atoms with Crippen LogP contribution in [0.5, 0.6) is 5.75 Å². The van der Waals surface area contributed by atoms with Gasteiger partial charge < -0.3 is 14.5 Å². The maximum Gasteiger partial charge on any atom is 0.139 e. The van der Waals surface area contributed by atoms with Gasteiger partial charge in [0.05, 0.1) is 23.9 Å². The molecular weight excluding hydrogens is 294 g/mol. The molecule has 3 nitrogen and oxygen atoms in total. The van der Waals surface area contributed by atoms with Gasteiger partial charge >= 0.3 is 0 Å². The molecule has 1 N–H and O–H groups in total. The first-order valence-electron chi connectivity index (χ1n) is 5.72. The molecule has 2 rings (SSSR count). The normalized spacial score (nSPS) is 12.4. The van der Waals surface area contributed by atoms with Crippen LogP contribution in [0.1, 0.15) is 22.9 Å². The molecule has 0 saturated heterocycles. The molecule has 1 atom stereocenters. The highest BCUT2D eigenvalue weighted by Crippen LogP contribution is 2.34. The first-order chi connectivity index (χ1) is 8.67. The van der Waals surface area contributed by atoms with Crippen molar-refractivity contribution in [2.45, 2.75) is 13.0 Å². The summed E-state index contributed by atoms with van der Waals surface area (Å²) in [6.45, 7) is 2.06. The zero-order valence-electron chi connectivity index (χ0n) is 10.7. The largest absolute Gasteiger partial charge is 0.496 e. The quantitative estimate of drug-likeness (QED) is 0.935. The molecular formula is C14H16BrNO2. The highest BCUT2D eigenvalue weighted by Gasteiger charge is 2.21. The predicted octanol–water partition coefficient (Wildman–Crippen LogP) is 3.67. The fraction of sp³-hybridized carbons (Fsp3) is 0.286. The Morgan fingerprint density at radius 3 is 2.67 bits per heavy atom. The summed E-state index contributed by atoms with van der Waals surface area (Å²) >= 11 is 3.50. The zero-order valence-corrected chi connectivity index (χ0v) is 12.2. The van der Waals surface area contributed by atoms with Crippen LogP contribution in [0.3, 0.4) is 0 Å². The van der Waals surface area contributed by atoms with Crippen molar-refractivity contribution in [1.29, 1.82) is 0 Å². The van der Waals surface area contributed by atoms with Gasteiger partial charge in [-0.15, -0.1) is 0 Å². The van der Waals surface area contributed by atoms with Crippen LogP contribution in [-0.2, 0) is 0 Å². The summed E-state index contributed by atoms with van der Waals surface area (Å²) in [7, 11) is 3.58. The van der Waals surface area contributed by atoms with Gasteiger partial charge in [-0.3, -0.25) is 0 Å². The molecule has 1 aromatic heterocycles. The van der Waals surface area contributed by atoms with Crippen LogP contribution in [0.25, 0.3) is 0 Å². The van der Waals surface area contributed by atoms with E-state index < -0.39 is 0 Å². The lowest BCUT2D eigenvalue weighted by atomic mass is 10.0. The van der Waals surface area contributed by atoms with Crippen LogP contribution < -0.4 is 10.1 Å². The van der Waals surface area contributed by atoms with E-state index >= 15 is 0 Å². The fourth-order valence-corrected chi connectivity index (χ4v) is 2.45. The maximum absolute atomic E-state index is 5.55. The second-order valence-electron chi connectivity index (χ2n) is 4.10. The first kappa shape index (κ1) is 13.2. The number of benzene rings is 1. The van der Waals surface area contributed by atoms with Crippen LogP contribution >= 0.6 is 15.9 Å². The van der Waals surface area contributed by atoms with E-state index in [9.17, 15) is 0 Å². The first-order valence-corrected chi connectivity index (χ1v) is 6.51. The van der Waals surface area contributed by atoms with Crippen molar-refractivity contribution in [2.24, 2.45) is 0 Å². The summed E-state index contributed by atoms with van der Waals surface area (Å²) in [5.74, 6) is 1.70. The van der Waals surface area contributed by atoms with Crippen molar-refractivity contribution < 1.29 is 9.15 Å². The van der Waals surface area contributed by atoms with Crippen molar-refractivity contribution in [3.05, 3.63) is 51.9 Å². The molecule has 0 bridgehead atoms. The minimum absolute atomic E-state index is 0.0378. The Morgan fingerprint density at radius 2 is 2.11 bits per heavy atom. The standard InChI is InChI=1S/C14H16BrNO2/c1-9-4-5-12(17-3)10(8-9)13(16-2)14-11(15)6-7-18-14/h4-8,13,16H,1-3H3. The number of halogens is 1. The van der Waals surface area contributed by atoms with E-state index in [1.54, 1.807) is 13.4 Å². The van der Waals surface area contributed by atoms with Crippen molar-refractivity contribution in [2.75, 3.05) is 14.2 Å². The molecule has 1 heterocycles. The van der Waals surface area contributed by atoms with Crippen LogP contribution in [0.2, 0.25) is 0 Å². The van der Waals surface area contributed by atoms with Crippen LogP contribution in [0, 0.1) is 6.92 Å². The van der Waals surface area contributed by atoms with Crippen LogP contribution in [-0.4, -0.2) is 14.2 Å². The summed E-state index contributed by atoms with van der Waals surface area (Å²) in [5.41, 5.74) is 2.25. The number of rotatable bonds is 4. The molecule has 1 unspecified atom stereocenters. The number of nitrogens with one attached hydrogen (secondary N) is 1. The van der Waals surface area contributed by atoms with Gasteiger partial charge in [0, 0.05) is 5.56 Å². The highest BCUT2D eigenvalue weighted by molar-refractivity contribution is 9.10. The van der Waals surface area contributed by atoms with E-state index in [0.29, 0.717) is 0 Å². The molecule has 0 fully saturated rings. The minimum Gasteiger partial charge on any atom is -0.496 e. The average Bonchev–Trinajstić information content (AvgIpc) is 2.77. The Balaban J connectivity index is 2.51. The van der Waals surface area contributed by atoms with E-state index in [1.165, 1.54) is 5.56 Å². The van der Waals surface area contributed by atoms with Crippen molar-refractivity contribution in [3.8, 4) is 5.75 Å². The molecule has 0 radical (unpaired) electrons. The molecule has 0 aliphatic heterocycles. The zero-order chi connectivity index (χ0) is 13.1. The smallest absolute Gasteiger partial charge is 0.139 e. The minimum atomic E-state index is -0.0378. The van der Waals surface area contributed by atoms with E-state index in [2.05, 4.69) is 34.2 Å². The van der Waals surface area contributed by atoms with Gasteiger partial charge in [0.1, 0.15) is 11.5 Å². The second-order valence-corrected chi connectivity index (χ2v) is 4.95. The number of hydrogen-bond acceptors (Lipinski definition) is 3. The predicted molar refractivity (Wildman–Crippen MR) is 75.0 cm³/mol. The molecule has 0 spiro atoms. The van der Waals surface area contributed by atoms with Crippen molar-refractivity contribution in [3.63, 3.8) is 0 Å². The highest BCUT2D eigenvalue weighted by atomic mass is 79.9. The number of hydrogen-bond donors (Lipinski definition) is 1. The topological polar surface area (TPSA) is 34.4 Å². The lowest BCUT2D eigenvalue weighted by Gasteiger charge is -2.18. The summed E-state index contributed by atoms with van der Waals surface area (Å²) in [4.78, 5) is 0. The molecule has 96 valence electrons. The Hall–Kier alpha value is -1.26. The lowest BCUT2D eigenvalue weighted by molar-refractivity contribution is 0.396. The molecule has 0 aliphatic carbocycles. The SMILES string of the molecule is CNC(c1cc(C)ccc1OC)c1occc1Br. The fourth-order valence-electron chi connectivity index (χ4n) is 2.02. The van der Waals surface area contributed by atoms with Crippen LogP contribution in [0.15, 0.2) is 39.4 Å². The van der Waals surface area contributed by atoms with Gasteiger partial charge in [0.15, 0.2) is 0 Å². The molecule has 0 amide bonds. The van der Waals surface area contributed by atoms with Gasteiger partial charge in [0.2, 0.25) is 0 Å². The molecule has 0 saturated carbocycles. The van der Waals surface area contributed by atoms with Gasteiger partial charge in [-0.2, -0.15) is 0 Å². The molecule has 4 heteroatoms. The van der Waals surface area contributed by atoms with Gasteiger partial charge in [-0.25, -0.2) is 0 Å². The van der Waals surface area contributed by atoms with E-state index in [-0.39, 0.29) is 6.04 Å². The third kappa shape index (κ3) is 2.44. The monoisotopic (exact) mass is 309 g/mol. The number of ether oxygens (including phenoxy) is 1. The summed E-state index contributed by atoms with van der Waals surface area (Å²) in [6.07, 6.45) is 1.67. The van der Waals surface area contributed by atoms with Gasteiger partial charge in [-0.05, 0) is 42.0 Å². The second kappa shape index (κ2) is 5.59. The Bertz CT molecular complexity index is 536.